The molecule has 2 aromatic heterocycles. The molecule has 2 aliphatic rings. The molecule has 1 aliphatic carbocycles. The molecule has 6 nitrogen and oxygen atoms in total. The van der Waals surface area contributed by atoms with Gasteiger partial charge in [-0.25, -0.2) is 4.98 Å². The van der Waals surface area contributed by atoms with Crippen molar-refractivity contribution in [1.29, 1.82) is 0 Å². The molecule has 1 amide bonds. The number of nitrogens with zero attached hydrogens (tertiary/aromatic N) is 3. The summed E-state index contributed by atoms with van der Waals surface area (Å²) in [6.45, 7) is 10.1. The summed E-state index contributed by atoms with van der Waals surface area (Å²) in [6.07, 6.45) is 3.40. The summed E-state index contributed by atoms with van der Waals surface area (Å²) in [4.78, 5) is 25.7. The minimum absolute atomic E-state index is 0.134. The second kappa shape index (κ2) is 7.58. The van der Waals surface area contributed by atoms with Gasteiger partial charge in [0.1, 0.15) is 5.76 Å². The topological polar surface area (TPSA) is 65.4 Å². The van der Waals surface area contributed by atoms with E-state index in [4.69, 9.17) is 4.42 Å². The fraction of sp³-hybridized carbons (Fsp3) is 0.500. The Bertz CT molecular complexity index is 1070. The van der Waals surface area contributed by atoms with Crippen LogP contribution in [0.2, 0.25) is 0 Å². The van der Waals surface area contributed by atoms with Gasteiger partial charge >= 0.3 is 0 Å². The molecule has 0 radical (unpaired) electrons. The van der Waals surface area contributed by atoms with E-state index < -0.39 is 0 Å². The number of para-hydroxylation sites is 1. The molecule has 1 fully saturated rings. The van der Waals surface area contributed by atoms with E-state index in [1.807, 2.05) is 30.9 Å². The van der Waals surface area contributed by atoms with E-state index in [2.05, 4.69) is 27.9 Å². The van der Waals surface area contributed by atoms with Gasteiger partial charge in [0.15, 0.2) is 0 Å². The van der Waals surface area contributed by atoms with Gasteiger partial charge in [0.25, 0.3) is 5.91 Å². The highest BCUT2D eigenvalue weighted by Gasteiger charge is 2.27. The Labute approximate surface area is 177 Å². The van der Waals surface area contributed by atoms with Crippen molar-refractivity contribution >= 4 is 16.8 Å². The predicted octanol–water partition coefficient (Wildman–Crippen LogP) is 3.86. The number of carbonyl (C=O) groups excluding carboxylic acids is 1. The summed E-state index contributed by atoms with van der Waals surface area (Å²) in [5.41, 5.74) is 5.52. The summed E-state index contributed by atoms with van der Waals surface area (Å²) >= 11 is 0. The Morgan fingerprint density at radius 3 is 2.77 bits per heavy atom. The Morgan fingerprint density at radius 1 is 1.23 bits per heavy atom. The lowest BCUT2D eigenvalue weighted by Gasteiger charge is -2.34. The molecule has 0 bridgehead atoms. The molecule has 6 heteroatoms. The van der Waals surface area contributed by atoms with Gasteiger partial charge in [0.2, 0.25) is 5.89 Å². The van der Waals surface area contributed by atoms with E-state index in [9.17, 15) is 4.79 Å². The Hall–Kier alpha value is -2.60. The van der Waals surface area contributed by atoms with Crippen LogP contribution in [-0.2, 0) is 19.4 Å². The summed E-state index contributed by atoms with van der Waals surface area (Å²) in [6, 6.07) is 6.17. The summed E-state index contributed by atoms with van der Waals surface area (Å²) in [7, 11) is 0. The molecule has 1 N–H and O–H groups in total. The minimum Gasteiger partial charge on any atom is -0.444 e. The maximum absolute atomic E-state index is 13.4. The highest BCUT2D eigenvalue weighted by Crippen LogP contribution is 2.33. The highest BCUT2D eigenvalue weighted by atomic mass is 16.4. The van der Waals surface area contributed by atoms with Crippen LogP contribution in [0.3, 0.4) is 0 Å². The number of rotatable bonds is 3. The minimum atomic E-state index is 0.134. The van der Waals surface area contributed by atoms with Crippen molar-refractivity contribution in [3.63, 3.8) is 0 Å². The smallest absolute Gasteiger partial charge is 0.256 e. The van der Waals surface area contributed by atoms with Crippen LogP contribution in [0.25, 0.3) is 10.9 Å². The lowest BCUT2D eigenvalue weighted by molar-refractivity contribution is 0.0619. The number of aryl methyl sites for hydroxylation is 3. The van der Waals surface area contributed by atoms with Gasteiger partial charge in [-0.05, 0) is 50.7 Å². The first kappa shape index (κ1) is 19.4. The molecule has 1 atom stereocenters. The zero-order valence-electron chi connectivity index (χ0n) is 18.1. The zero-order chi connectivity index (χ0) is 20.8. The van der Waals surface area contributed by atoms with Crippen LogP contribution in [0, 0.1) is 19.8 Å². The van der Waals surface area contributed by atoms with Crippen LogP contribution in [0.4, 0.5) is 0 Å². The van der Waals surface area contributed by atoms with Crippen molar-refractivity contribution in [3.8, 4) is 0 Å². The number of fused-ring (bicyclic) bond motifs is 3. The molecule has 158 valence electrons. The number of hydrogen-bond acceptors (Lipinski definition) is 4. The van der Waals surface area contributed by atoms with E-state index in [1.54, 1.807) is 0 Å². The van der Waals surface area contributed by atoms with Crippen LogP contribution < -0.4 is 0 Å². The Kier molecular flexibility index (Phi) is 4.89. The van der Waals surface area contributed by atoms with Crippen molar-refractivity contribution in [2.45, 2.75) is 46.6 Å². The molecular formula is C24H30N4O2. The number of amides is 1. The van der Waals surface area contributed by atoms with E-state index in [0.29, 0.717) is 12.5 Å². The molecule has 0 saturated carbocycles. The summed E-state index contributed by atoms with van der Waals surface area (Å²) in [5.74, 6) is 2.49. The van der Waals surface area contributed by atoms with Crippen LogP contribution in [0.15, 0.2) is 22.6 Å². The van der Waals surface area contributed by atoms with Crippen molar-refractivity contribution < 1.29 is 9.21 Å². The van der Waals surface area contributed by atoms with E-state index in [1.165, 1.54) is 23.1 Å². The van der Waals surface area contributed by atoms with Crippen LogP contribution in [-0.4, -0.2) is 51.9 Å². The normalized spacial score (nSPS) is 20.0. The third-order valence-electron chi connectivity index (χ3n) is 6.79. The van der Waals surface area contributed by atoms with Crippen molar-refractivity contribution in [1.82, 2.24) is 19.8 Å². The first-order valence-corrected chi connectivity index (χ1v) is 11.1. The second-order valence-electron chi connectivity index (χ2n) is 8.98. The molecule has 1 unspecified atom stereocenters. The van der Waals surface area contributed by atoms with E-state index in [0.717, 1.165) is 67.4 Å². The molecule has 1 aliphatic heterocycles. The van der Waals surface area contributed by atoms with Crippen molar-refractivity contribution in [3.05, 3.63) is 52.4 Å². The van der Waals surface area contributed by atoms with Crippen molar-refractivity contribution in [2.24, 2.45) is 5.92 Å². The fourth-order valence-corrected chi connectivity index (χ4v) is 4.87. The number of piperazine rings is 1. The molecule has 0 spiro atoms. The number of aromatic amines is 1. The van der Waals surface area contributed by atoms with Gasteiger partial charge in [-0.15, -0.1) is 0 Å². The molecule has 1 saturated heterocycles. The van der Waals surface area contributed by atoms with Crippen LogP contribution >= 0.6 is 0 Å². The number of hydrogen-bond donors (Lipinski definition) is 1. The molecule has 1 aromatic carbocycles. The first-order chi connectivity index (χ1) is 14.5. The zero-order valence-corrected chi connectivity index (χ0v) is 18.1. The highest BCUT2D eigenvalue weighted by molar-refractivity contribution is 6.06. The molecule has 30 heavy (non-hydrogen) atoms. The number of benzene rings is 1. The van der Waals surface area contributed by atoms with Gasteiger partial charge < -0.3 is 14.3 Å². The molecule has 3 heterocycles. The van der Waals surface area contributed by atoms with Gasteiger partial charge in [-0.2, -0.15) is 0 Å². The Balaban J connectivity index is 1.30. The number of H-pyrrole nitrogens is 1. The van der Waals surface area contributed by atoms with Gasteiger partial charge in [0.05, 0.1) is 23.3 Å². The quantitative estimate of drug-likeness (QED) is 0.717. The summed E-state index contributed by atoms with van der Waals surface area (Å²) < 4.78 is 5.72. The van der Waals surface area contributed by atoms with Crippen molar-refractivity contribution in [2.75, 3.05) is 26.2 Å². The summed E-state index contributed by atoms with van der Waals surface area (Å²) in [5, 5.41) is 1.23. The number of carbonyl (C=O) groups is 1. The lowest BCUT2D eigenvalue weighted by Crippen LogP contribution is -2.48. The van der Waals surface area contributed by atoms with Gasteiger partial charge in [-0.1, -0.05) is 19.1 Å². The van der Waals surface area contributed by atoms with Crippen LogP contribution in [0.1, 0.15) is 52.3 Å². The van der Waals surface area contributed by atoms with E-state index in [-0.39, 0.29) is 5.91 Å². The third kappa shape index (κ3) is 3.43. The SMILES string of the molecule is Cc1nc(CN2CCN(C(=O)c3cccc4c5c([nH]c34)CCC(C)C5)CC2)oc1C. The maximum atomic E-state index is 13.4. The van der Waals surface area contributed by atoms with Gasteiger partial charge in [0, 0.05) is 37.3 Å². The van der Waals surface area contributed by atoms with Gasteiger partial charge in [-0.3, -0.25) is 9.69 Å². The largest absolute Gasteiger partial charge is 0.444 e. The second-order valence-corrected chi connectivity index (χ2v) is 8.98. The first-order valence-electron chi connectivity index (χ1n) is 11.1. The number of nitrogens with one attached hydrogen (secondary N) is 1. The Morgan fingerprint density at radius 2 is 2.03 bits per heavy atom. The predicted molar refractivity (Wildman–Crippen MR) is 117 cm³/mol. The van der Waals surface area contributed by atoms with E-state index >= 15 is 0 Å². The molecule has 5 rings (SSSR count). The van der Waals surface area contributed by atoms with Crippen LogP contribution in [0.5, 0.6) is 0 Å². The average molecular weight is 407 g/mol. The molecule has 3 aromatic rings. The standard InChI is InChI=1S/C24H30N4O2/c1-15-7-8-21-20(13-15)18-5-4-6-19(23(18)26-21)24(29)28-11-9-27(10-12-28)14-22-25-16(2)17(3)30-22/h4-6,15,26H,7-14H2,1-3H3. The monoisotopic (exact) mass is 406 g/mol. The lowest BCUT2D eigenvalue weighted by atomic mass is 9.87. The number of aromatic nitrogens is 2. The maximum Gasteiger partial charge on any atom is 0.256 e. The average Bonchev–Trinajstić information content (AvgIpc) is 3.26. The molecular weight excluding hydrogens is 376 g/mol. The third-order valence-corrected chi connectivity index (χ3v) is 6.79. The fourth-order valence-electron chi connectivity index (χ4n) is 4.87. The number of oxazole rings is 1.